The highest BCUT2D eigenvalue weighted by Crippen LogP contribution is 2.13. The van der Waals surface area contributed by atoms with E-state index < -0.39 is 10.2 Å². The summed E-state index contributed by atoms with van der Waals surface area (Å²) in [6.45, 7) is 4.71. The highest BCUT2D eigenvalue weighted by Gasteiger charge is 2.23. The number of hydrogen-bond acceptors (Lipinski definition) is 4. The van der Waals surface area contributed by atoms with Crippen LogP contribution < -0.4 is 9.46 Å². The maximum Gasteiger partial charge on any atom is 0.279 e. The lowest BCUT2D eigenvalue weighted by atomic mass is 10.2. The molecule has 0 bridgehead atoms. The van der Waals surface area contributed by atoms with Crippen LogP contribution in [0.3, 0.4) is 0 Å². The summed E-state index contributed by atoms with van der Waals surface area (Å²) in [6.07, 6.45) is 0.959. The summed E-state index contributed by atoms with van der Waals surface area (Å²) < 4.78 is 38.9. The maximum atomic E-state index is 12.1. The fraction of sp³-hybridized carbons (Fsp3) is 0.571. The van der Waals surface area contributed by atoms with Gasteiger partial charge in [-0.1, -0.05) is 19.1 Å². The molecule has 1 saturated heterocycles. The van der Waals surface area contributed by atoms with E-state index in [0.717, 1.165) is 17.7 Å². The van der Waals surface area contributed by atoms with Gasteiger partial charge in [0.2, 0.25) is 0 Å². The van der Waals surface area contributed by atoms with Crippen LogP contribution in [-0.4, -0.2) is 45.6 Å². The summed E-state index contributed by atoms with van der Waals surface area (Å²) in [5.41, 5.74) is 0.899. The fourth-order valence-electron chi connectivity index (χ4n) is 1.98. The summed E-state index contributed by atoms with van der Waals surface area (Å²) >= 11 is 0. The van der Waals surface area contributed by atoms with Crippen molar-refractivity contribution in [3.63, 3.8) is 0 Å². The molecule has 7 heteroatoms. The quantitative estimate of drug-likeness (QED) is 0.819. The molecule has 0 radical (unpaired) electrons. The van der Waals surface area contributed by atoms with Crippen LogP contribution >= 0.6 is 0 Å². The molecule has 2 rings (SSSR count). The van der Waals surface area contributed by atoms with Crippen LogP contribution in [0.25, 0.3) is 0 Å². The van der Waals surface area contributed by atoms with E-state index in [1.807, 2.05) is 24.3 Å². The third-order valence-electron chi connectivity index (χ3n) is 3.16. The lowest BCUT2D eigenvalue weighted by molar-refractivity contribution is 0.0725. The fourth-order valence-corrected chi connectivity index (χ4v) is 3.14. The SMILES string of the molecule is CCCOc1ccc(CNS(=O)(=O)N2CCOCC2)cc1. The molecule has 1 aromatic carbocycles. The first-order valence-electron chi connectivity index (χ1n) is 7.16. The van der Waals surface area contributed by atoms with Gasteiger partial charge >= 0.3 is 0 Å². The summed E-state index contributed by atoms with van der Waals surface area (Å²) in [5.74, 6) is 0.802. The first-order chi connectivity index (χ1) is 10.1. The predicted octanol–water partition coefficient (Wildman–Crippen LogP) is 1.14. The molecule has 21 heavy (non-hydrogen) atoms. The monoisotopic (exact) mass is 314 g/mol. The van der Waals surface area contributed by atoms with Gasteiger partial charge in [-0.3, -0.25) is 0 Å². The van der Waals surface area contributed by atoms with Crippen molar-refractivity contribution in [2.45, 2.75) is 19.9 Å². The summed E-state index contributed by atoms with van der Waals surface area (Å²) in [6, 6.07) is 7.45. The van der Waals surface area contributed by atoms with Crippen LogP contribution in [0.5, 0.6) is 5.75 Å². The minimum Gasteiger partial charge on any atom is -0.494 e. The van der Waals surface area contributed by atoms with Crippen molar-refractivity contribution in [1.82, 2.24) is 9.03 Å². The molecule has 1 aliphatic rings. The lowest BCUT2D eigenvalue weighted by Gasteiger charge is -2.26. The van der Waals surface area contributed by atoms with Gasteiger partial charge in [-0.25, -0.2) is 0 Å². The Morgan fingerprint density at radius 3 is 2.52 bits per heavy atom. The molecule has 0 amide bonds. The highest BCUT2D eigenvalue weighted by atomic mass is 32.2. The molecule has 1 aliphatic heterocycles. The van der Waals surface area contributed by atoms with Gasteiger partial charge in [0.25, 0.3) is 10.2 Å². The topological polar surface area (TPSA) is 67.9 Å². The molecule has 1 fully saturated rings. The van der Waals surface area contributed by atoms with E-state index >= 15 is 0 Å². The van der Waals surface area contributed by atoms with Crippen LogP contribution in [-0.2, 0) is 21.5 Å². The summed E-state index contributed by atoms with van der Waals surface area (Å²) in [7, 11) is -3.43. The third-order valence-corrected chi connectivity index (χ3v) is 4.72. The first-order valence-corrected chi connectivity index (χ1v) is 8.60. The summed E-state index contributed by atoms with van der Waals surface area (Å²) in [5, 5.41) is 0. The van der Waals surface area contributed by atoms with Crippen molar-refractivity contribution in [1.29, 1.82) is 0 Å². The zero-order chi connectivity index (χ0) is 15.1. The van der Waals surface area contributed by atoms with Gasteiger partial charge in [0.1, 0.15) is 5.75 Å². The zero-order valence-corrected chi connectivity index (χ0v) is 13.1. The molecular formula is C14H22N2O4S. The van der Waals surface area contributed by atoms with E-state index in [1.54, 1.807) is 0 Å². The molecule has 1 N–H and O–H groups in total. The Hall–Kier alpha value is -1.15. The second-order valence-electron chi connectivity index (χ2n) is 4.83. The minimum absolute atomic E-state index is 0.272. The Balaban J connectivity index is 1.86. The van der Waals surface area contributed by atoms with E-state index in [4.69, 9.17) is 9.47 Å². The van der Waals surface area contributed by atoms with Crippen molar-refractivity contribution in [3.05, 3.63) is 29.8 Å². The van der Waals surface area contributed by atoms with Gasteiger partial charge in [-0.2, -0.15) is 17.4 Å². The first kappa shape index (κ1) is 16.2. The second-order valence-corrected chi connectivity index (χ2v) is 6.59. The van der Waals surface area contributed by atoms with Crippen molar-refractivity contribution in [2.75, 3.05) is 32.9 Å². The summed E-state index contributed by atoms with van der Waals surface area (Å²) in [4.78, 5) is 0. The van der Waals surface area contributed by atoms with Crippen molar-refractivity contribution in [3.8, 4) is 5.75 Å². The Kier molecular flexibility index (Phi) is 5.98. The molecule has 0 spiro atoms. The van der Waals surface area contributed by atoms with Crippen molar-refractivity contribution >= 4 is 10.2 Å². The lowest BCUT2D eigenvalue weighted by Crippen LogP contribution is -2.46. The number of nitrogens with zero attached hydrogens (tertiary/aromatic N) is 1. The maximum absolute atomic E-state index is 12.1. The van der Waals surface area contributed by atoms with E-state index in [0.29, 0.717) is 32.9 Å². The number of ether oxygens (including phenoxy) is 2. The number of morpholine rings is 1. The number of benzene rings is 1. The number of nitrogens with one attached hydrogen (secondary N) is 1. The molecule has 0 atom stereocenters. The smallest absolute Gasteiger partial charge is 0.279 e. The normalized spacial score (nSPS) is 16.8. The van der Waals surface area contributed by atoms with Gasteiger partial charge in [0.15, 0.2) is 0 Å². The van der Waals surface area contributed by atoms with Crippen LogP contribution in [0.2, 0.25) is 0 Å². The molecular weight excluding hydrogens is 292 g/mol. The molecule has 0 unspecified atom stereocenters. The Labute approximate surface area is 126 Å². The zero-order valence-electron chi connectivity index (χ0n) is 12.2. The highest BCUT2D eigenvalue weighted by molar-refractivity contribution is 7.87. The van der Waals surface area contributed by atoms with E-state index in [2.05, 4.69) is 11.6 Å². The molecule has 1 heterocycles. The van der Waals surface area contributed by atoms with Crippen molar-refractivity contribution in [2.24, 2.45) is 0 Å². The van der Waals surface area contributed by atoms with Crippen LogP contribution in [0.4, 0.5) is 0 Å². The molecule has 0 saturated carbocycles. The average molecular weight is 314 g/mol. The van der Waals surface area contributed by atoms with Gasteiger partial charge in [-0.05, 0) is 24.1 Å². The average Bonchev–Trinajstić information content (AvgIpc) is 2.53. The van der Waals surface area contributed by atoms with Crippen molar-refractivity contribution < 1.29 is 17.9 Å². The van der Waals surface area contributed by atoms with Gasteiger partial charge in [0, 0.05) is 19.6 Å². The second kappa shape index (κ2) is 7.74. The van der Waals surface area contributed by atoms with E-state index in [9.17, 15) is 8.42 Å². The van der Waals surface area contributed by atoms with E-state index in [1.165, 1.54) is 4.31 Å². The largest absolute Gasteiger partial charge is 0.494 e. The Morgan fingerprint density at radius 2 is 1.90 bits per heavy atom. The predicted molar refractivity (Wildman–Crippen MR) is 80.4 cm³/mol. The van der Waals surface area contributed by atoms with Gasteiger partial charge in [-0.15, -0.1) is 0 Å². The van der Waals surface area contributed by atoms with E-state index in [-0.39, 0.29) is 6.54 Å². The molecule has 0 aliphatic carbocycles. The molecule has 118 valence electrons. The van der Waals surface area contributed by atoms with Crippen LogP contribution in [0, 0.1) is 0 Å². The standard InChI is InChI=1S/C14H22N2O4S/c1-2-9-20-14-5-3-13(4-6-14)12-15-21(17,18)16-7-10-19-11-8-16/h3-6,15H,2,7-12H2,1H3. The number of rotatable bonds is 7. The Bertz CT molecular complexity index is 524. The van der Waals surface area contributed by atoms with Crippen LogP contribution in [0.15, 0.2) is 24.3 Å². The van der Waals surface area contributed by atoms with Gasteiger partial charge < -0.3 is 9.47 Å². The van der Waals surface area contributed by atoms with Gasteiger partial charge in [0.05, 0.1) is 19.8 Å². The third kappa shape index (κ3) is 4.96. The molecule has 6 nitrogen and oxygen atoms in total. The molecule has 1 aromatic rings. The number of hydrogen-bond donors (Lipinski definition) is 1. The minimum atomic E-state index is -3.43. The Morgan fingerprint density at radius 1 is 1.24 bits per heavy atom. The molecule has 0 aromatic heterocycles. The van der Waals surface area contributed by atoms with Crippen LogP contribution in [0.1, 0.15) is 18.9 Å².